The third kappa shape index (κ3) is 5.76. The normalized spacial score (nSPS) is 14.9. The van der Waals surface area contributed by atoms with Gasteiger partial charge in [-0.3, -0.25) is 4.79 Å². The van der Waals surface area contributed by atoms with Crippen LogP contribution in [0.3, 0.4) is 0 Å². The van der Waals surface area contributed by atoms with Crippen LogP contribution >= 0.6 is 0 Å². The van der Waals surface area contributed by atoms with Gasteiger partial charge in [-0.15, -0.1) is 0 Å². The first kappa shape index (κ1) is 15.8. The number of carbonyl (C=O) groups excluding carboxylic acids is 1. The summed E-state index contributed by atoms with van der Waals surface area (Å²) < 4.78 is 5.70. The molecule has 116 valence electrons. The topological polar surface area (TPSA) is 50.4 Å². The molecular formula is C17H26N2O2. The SMILES string of the molecule is Cc1ccc(OCC(=O)NC(C)(C)C)c(CNC2CC2)c1. The fourth-order valence-corrected chi connectivity index (χ4v) is 2.13. The number of ether oxygens (including phenoxy) is 1. The van der Waals surface area contributed by atoms with Crippen LogP contribution in [0.4, 0.5) is 0 Å². The molecule has 1 aromatic rings. The number of amides is 1. The summed E-state index contributed by atoms with van der Waals surface area (Å²) in [5.41, 5.74) is 2.09. The number of hydrogen-bond acceptors (Lipinski definition) is 3. The first-order valence-corrected chi connectivity index (χ1v) is 7.60. The van der Waals surface area contributed by atoms with Crippen molar-refractivity contribution in [2.75, 3.05) is 6.61 Å². The van der Waals surface area contributed by atoms with Gasteiger partial charge in [0.1, 0.15) is 5.75 Å². The zero-order chi connectivity index (χ0) is 15.5. The lowest BCUT2D eigenvalue weighted by molar-refractivity contribution is -0.124. The second-order valence-corrected chi connectivity index (χ2v) is 6.85. The summed E-state index contributed by atoms with van der Waals surface area (Å²) in [4.78, 5) is 11.8. The minimum atomic E-state index is -0.232. The summed E-state index contributed by atoms with van der Waals surface area (Å²) in [7, 11) is 0. The van der Waals surface area contributed by atoms with E-state index in [0.29, 0.717) is 6.04 Å². The third-order valence-electron chi connectivity index (χ3n) is 3.25. The van der Waals surface area contributed by atoms with E-state index in [0.717, 1.165) is 17.9 Å². The van der Waals surface area contributed by atoms with Crippen LogP contribution in [-0.2, 0) is 11.3 Å². The van der Waals surface area contributed by atoms with Gasteiger partial charge in [0.05, 0.1) is 0 Å². The van der Waals surface area contributed by atoms with Crippen LogP contribution in [0.5, 0.6) is 5.75 Å². The molecule has 0 unspecified atom stereocenters. The lowest BCUT2D eigenvalue weighted by atomic mass is 10.1. The molecule has 4 nitrogen and oxygen atoms in total. The van der Waals surface area contributed by atoms with Crippen molar-refractivity contribution in [3.8, 4) is 5.75 Å². The molecule has 1 amide bonds. The van der Waals surface area contributed by atoms with Gasteiger partial charge in [0.2, 0.25) is 0 Å². The van der Waals surface area contributed by atoms with Crippen LogP contribution in [-0.4, -0.2) is 24.1 Å². The zero-order valence-electron chi connectivity index (χ0n) is 13.5. The van der Waals surface area contributed by atoms with E-state index >= 15 is 0 Å². The molecule has 1 saturated carbocycles. The molecule has 1 fully saturated rings. The highest BCUT2D eigenvalue weighted by molar-refractivity contribution is 5.78. The largest absolute Gasteiger partial charge is 0.483 e. The van der Waals surface area contributed by atoms with Crippen molar-refractivity contribution in [3.05, 3.63) is 29.3 Å². The molecule has 0 aliphatic heterocycles. The van der Waals surface area contributed by atoms with Gasteiger partial charge in [-0.05, 0) is 46.6 Å². The lowest BCUT2D eigenvalue weighted by Crippen LogP contribution is -2.43. The van der Waals surface area contributed by atoms with Crippen molar-refractivity contribution >= 4 is 5.91 Å². The third-order valence-corrected chi connectivity index (χ3v) is 3.25. The van der Waals surface area contributed by atoms with E-state index in [1.807, 2.05) is 32.9 Å². The van der Waals surface area contributed by atoms with Crippen LogP contribution in [0, 0.1) is 6.92 Å². The number of carbonyl (C=O) groups is 1. The molecule has 0 heterocycles. The quantitative estimate of drug-likeness (QED) is 0.846. The number of aryl methyl sites for hydroxylation is 1. The molecule has 21 heavy (non-hydrogen) atoms. The van der Waals surface area contributed by atoms with Gasteiger partial charge in [0.15, 0.2) is 6.61 Å². The minimum Gasteiger partial charge on any atom is -0.483 e. The predicted octanol–water partition coefficient (Wildman–Crippen LogP) is 2.54. The van der Waals surface area contributed by atoms with Crippen LogP contribution in [0.25, 0.3) is 0 Å². The highest BCUT2D eigenvalue weighted by atomic mass is 16.5. The molecular weight excluding hydrogens is 264 g/mol. The van der Waals surface area contributed by atoms with E-state index < -0.39 is 0 Å². The number of nitrogens with one attached hydrogen (secondary N) is 2. The summed E-state index contributed by atoms with van der Waals surface area (Å²) in [6, 6.07) is 6.73. The van der Waals surface area contributed by atoms with Gasteiger partial charge in [0, 0.05) is 23.7 Å². The number of hydrogen-bond donors (Lipinski definition) is 2. The van der Waals surface area contributed by atoms with Crippen molar-refractivity contribution in [1.29, 1.82) is 0 Å². The number of rotatable bonds is 6. The fraction of sp³-hybridized carbons (Fsp3) is 0.588. The molecule has 0 saturated heterocycles. The first-order valence-electron chi connectivity index (χ1n) is 7.60. The summed E-state index contributed by atoms with van der Waals surface area (Å²) in [5, 5.41) is 6.39. The first-order chi connectivity index (χ1) is 9.83. The Morgan fingerprint density at radius 1 is 1.33 bits per heavy atom. The van der Waals surface area contributed by atoms with Gasteiger partial charge in [0.25, 0.3) is 5.91 Å². The molecule has 4 heteroatoms. The maximum absolute atomic E-state index is 11.8. The maximum Gasteiger partial charge on any atom is 0.258 e. The van der Waals surface area contributed by atoms with E-state index in [2.05, 4.69) is 23.6 Å². The lowest BCUT2D eigenvalue weighted by Gasteiger charge is -2.21. The van der Waals surface area contributed by atoms with Crippen molar-refractivity contribution in [3.63, 3.8) is 0 Å². The van der Waals surface area contributed by atoms with Gasteiger partial charge in [-0.25, -0.2) is 0 Å². The monoisotopic (exact) mass is 290 g/mol. The average molecular weight is 290 g/mol. The van der Waals surface area contributed by atoms with Gasteiger partial charge >= 0.3 is 0 Å². The second-order valence-electron chi connectivity index (χ2n) is 6.85. The summed E-state index contributed by atoms with van der Waals surface area (Å²) in [6.45, 7) is 8.79. The summed E-state index contributed by atoms with van der Waals surface area (Å²) in [6.07, 6.45) is 2.52. The molecule has 0 atom stereocenters. The van der Waals surface area contributed by atoms with Crippen LogP contribution < -0.4 is 15.4 Å². The number of benzene rings is 1. The van der Waals surface area contributed by atoms with Crippen LogP contribution in [0.1, 0.15) is 44.7 Å². The maximum atomic E-state index is 11.8. The predicted molar refractivity (Wildman–Crippen MR) is 84.4 cm³/mol. The van der Waals surface area contributed by atoms with E-state index in [4.69, 9.17) is 4.74 Å². The Balaban J connectivity index is 1.93. The smallest absolute Gasteiger partial charge is 0.258 e. The minimum absolute atomic E-state index is 0.0523. The van der Waals surface area contributed by atoms with Gasteiger partial charge in [-0.2, -0.15) is 0 Å². The molecule has 0 spiro atoms. The van der Waals surface area contributed by atoms with Gasteiger partial charge in [-0.1, -0.05) is 17.7 Å². The molecule has 0 radical (unpaired) electrons. The fourth-order valence-electron chi connectivity index (χ4n) is 2.13. The molecule has 2 rings (SSSR count). The molecule has 1 aliphatic rings. The van der Waals surface area contributed by atoms with Crippen molar-refractivity contribution in [2.45, 2.75) is 58.7 Å². The molecule has 1 aromatic carbocycles. The van der Waals surface area contributed by atoms with E-state index in [1.165, 1.54) is 18.4 Å². The highest BCUT2D eigenvalue weighted by Crippen LogP contribution is 2.23. The van der Waals surface area contributed by atoms with Crippen molar-refractivity contribution < 1.29 is 9.53 Å². The van der Waals surface area contributed by atoms with Crippen LogP contribution in [0.2, 0.25) is 0 Å². The van der Waals surface area contributed by atoms with E-state index in [9.17, 15) is 4.79 Å². The van der Waals surface area contributed by atoms with Crippen molar-refractivity contribution in [2.24, 2.45) is 0 Å². The Labute approximate surface area is 127 Å². The zero-order valence-corrected chi connectivity index (χ0v) is 13.5. The Kier molecular flexibility index (Phi) is 4.88. The van der Waals surface area contributed by atoms with Crippen LogP contribution in [0.15, 0.2) is 18.2 Å². The Morgan fingerprint density at radius 2 is 2.05 bits per heavy atom. The molecule has 1 aliphatic carbocycles. The average Bonchev–Trinajstić information content (AvgIpc) is 3.17. The standard InChI is InChI=1S/C17H26N2O2/c1-12-5-8-15(13(9-12)10-18-14-6-7-14)21-11-16(20)19-17(2,3)4/h5,8-9,14,18H,6-7,10-11H2,1-4H3,(H,19,20). The van der Waals surface area contributed by atoms with Gasteiger partial charge < -0.3 is 15.4 Å². The Hall–Kier alpha value is -1.55. The molecule has 2 N–H and O–H groups in total. The van der Waals surface area contributed by atoms with Crippen molar-refractivity contribution in [1.82, 2.24) is 10.6 Å². The Morgan fingerprint density at radius 3 is 2.67 bits per heavy atom. The Bertz CT molecular complexity index is 502. The highest BCUT2D eigenvalue weighted by Gasteiger charge is 2.21. The summed E-state index contributed by atoms with van der Waals surface area (Å²) >= 11 is 0. The second kappa shape index (κ2) is 6.48. The van der Waals surface area contributed by atoms with E-state index in [1.54, 1.807) is 0 Å². The summed E-state index contributed by atoms with van der Waals surface area (Å²) in [5.74, 6) is 0.696. The molecule has 0 bridgehead atoms. The molecule has 0 aromatic heterocycles. The van der Waals surface area contributed by atoms with E-state index in [-0.39, 0.29) is 18.1 Å².